The van der Waals surface area contributed by atoms with Crippen LogP contribution in [0.1, 0.15) is 15.9 Å². The Morgan fingerprint density at radius 3 is 2.42 bits per heavy atom. The van der Waals surface area contributed by atoms with E-state index in [1.165, 1.54) is 34.9 Å². The highest BCUT2D eigenvalue weighted by Crippen LogP contribution is 2.24. The second-order valence-electron chi connectivity index (χ2n) is 6.50. The molecule has 0 aliphatic heterocycles. The quantitative estimate of drug-likeness (QED) is 0.521. The van der Waals surface area contributed by atoms with Crippen molar-refractivity contribution in [2.45, 2.75) is 6.54 Å². The number of hydrogen-bond donors (Lipinski definition) is 1. The zero-order valence-corrected chi connectivity index (χ0v) is 15.6. The average molecular weight is 427 g/mol. The van der Waals surface area contributed by atoms with E-state index in [2.05, 4.69) is 9.97 Å². The van der Waals surface area contributed by atoms with Crippen LogP contribution in [0.4, 0.5) is 13.2 Å². The number of ether oxygens (including phenoxy) is 1. The number of carbonyl (C=O) groups is 1. The van der Waals surface area contributed by atoms with E-state index in [1.54, 1.807) is 0 Å². The zero-order chi connectivity index (χ0) is 22.1. The molecule has 0 spiro atoms. The Labute approximate surface area is 172 Å². The summed E-state index contributed by atoms with van der Waals surface area (Å²) in [5.41, 5.74) is -0.662. The number of aromatic carboxylic acids is 1. The summed E-state index contributed by atoms with van der Waals surface area (Å²) in [5, 5.41) is 9.02. The SMILES string of the molecule is O=C(O)c1ccc(Oc2ccc3c(c2)c(=O)ncn3Cc2c(F)cc(F)cc2F)nc1. The van der Waals surface area contributed by atoms with E-state index in [9.17, 15) is 22.8 Å². The Morgan fingerprint density at radius 2 is 1.77 bits per heavy atom. The Balaban J connectivity index is 1.69. The number of pyridine rings is 1. The molecular formula is C21H12F3N3O4. The van der Waals surface area contributed by atoms with E-state index in [4.69, 9.17) is 9.84 Å². The fourth-order valence-corrected chi connectivity index (χ4v) is 2.96. The van der Waals surface area contributed by atoms with Gasteiger partial charge in [0.05, 0.1) is 29.3 Å². The lowest BCUT2D eigenvalue weighted by atomic mass is 10.1. The molecule has 7 nitrogen and oxygen atoms in total. The molecule has 0 saturated carbocycles. The van der Waals surface area contributed by atoms with Crippen molar-refractivity contribution in [3.8, 4) is 11.6 Å². The van der Waals surface area contributed by atoms with E-state index in [0.717, 1.165) is 12.5 Å². The Morgan fingerprint density at radius 1 is 1.03 bits per heavy atom. The molecule has 0 amide bonds. The molecule has 0 bridgehead atoms. The summed E-state index contributed by atoms with van der Waals surface area (Å²) >= 11 is 0. The monoisotopic (exact) mass is 427 g/mol. The van der Waals surface area contributed by atoms with Gasteiger partial charge in [-0.25, -0.2) is 22.9 Å². The van der Waals surface area contributed by atoms with Gasteiger partial charge in [-0.2, -0.15) is 4.98 Å². The van der Waals surface area contributed by atoms with Crippen molar-refractivity contribution in [1.29, 1.82) is 0 Å². The summed E-state index contributed by atoms with van der Waals surface area (Å²) in [4.78, 5) is 30.7. The van der Waals surface area contributed by atoms with Crippen LogP contribution >= 0.6 is 0 Å². The second-order valence-corrected chi connectivity index (χ2v) is 6.50. The Bertz CT molecular complexity index is 1350. The fourth-order valence-electron chi connectivity index (χ4n) is 2.96. The first-order valence-corrected chi connectivity index (χ1v) is 8.81. The van der Waals surface area contributed by atoms with Crippen LogP contribution in [-0.2, 0) is 6.54 Å². The molecule has 1 N–H and O–H groups in total. The summed E-state index contributed by atoms with van der Waals surface area (Å²) in [5.74, 6) is -3.96. The number of carboxylic acid groups (broad SMARTS) is 1. The molecule has 0 atom stereocenters. The van der Waals surface area contributed by atoms with E-state index >= 15 is 0 Å². The summed E-state index contributed by atoms with van der Waals surface area (Å²) in [6.45, 7) is -0.319. The second kappa shape index (κ2) is 7.90. The number of halogens is 3. The normalized spacial score (nSPS) is 10.9. The topological polar surface area (TPSA) is 94.3 Å². The minimum absolute atomic E-state index is 0.0156. The summed E-state index contributed by atoms with van der Waals surface area (Å²) in [6.07, 6.45) is 2.26. The minimum Gasteiger partial charge on any atom is -0.478 e. The van der Waals surface area contributed by atoms with Gasteiger partial charge >= 0.3 is 5.97 Å². The number of rotatable bonds is 5. The standard InChI is InChI=1S/C21H12F3N3O4/c22-12-5-16(23)15(17(24)6-12)9-27-10-26-20(28)14-7-13(2-3-18(14)27)31-19-4-1-11(8-25-19)21(29)30/h1-8,10H,9H2,(H,29,30). The lowest BCUT2D eigenvalue weighted by molar-refractivity contribution is 0.0696. The van der Waals surface area contributed by atoms with E-state index in [0.29, 0.717) is 17.6 Å². The third kappa shape index (κ3) is 4.08. The lowest BCUT2D eigenvalue weighted by Crippen LogP contribution is -2.14. The van der Waals surface area contributed by atoms with Crippen molar-refractivity contribution in [3.05, 3.63) is 93.9 Å². The van der Waals surface area contributed by atoms with Gasteiger partial charge in [0.15, 0.2) is 0 Å². The van der Waals surface area contributed by atoms with Crippen LogP contribution in [-0.4, -0.2) is 25.6 Å². The van der Waals surface area contributed by atoms with Crippen molar-refractivity contribution in [3.63, 3.8) is 0 Å². The molecule has 0 aliphatic rings. The van der Waals surface area contributed by atoms with E-state index in [1.807, 2.05) is 0 Å². The third-order valence-corrected chi connectivity index (χ3v) is 4.46. The Hall–Kier alpha value is -4.21. The van der Waals surface area contributed by atoms with Gasteiger partial charge in [0.2, 0.25) is 5.88 Å². The molecule has 156 valence electrons. The molecule has 10 heteroatoms. The Kier molecular flexibility index (Phi) is 5.12. The highest BCUT2D eigenvalue weighted by molar-refractivity contribution is 5.87. The molecule has 0 unspecified atom stereocenters. The molecule has 2 aromatic heterocycles. The van der Waals surface area contributed by atoms with Crippen LogP contribution in [0, 0.1) is 17.5 Å². The predicted octanol–water partition coefficient (Wildman–Crippen LogP) is 3.75. The molecule has 0 fully saturated rings. The van der Waals surface area contributed by atoms with Crippen molar-refractivity contribution >= 4 is 16.9 Å². The molecule has 0 saturated heterocycles. The molecule has 4 rings (SSSR count). The lowest BCUT2D eigenvalue weighted by Gasteiger charge is -2.12. The molecule has 2 aromatic carbocycles. The van der Waals surface area contributed by atoms with E-state index in [-0.39, 0.29) is 34.7 Å². The van der Waals surface area contributed by atoms with Gasteiger partial charge in [0.25, 0.3) is 5.56 Å². The number of nitrogens with zero attached hydrogens (tertiary/aromatic N) is 3. The van der Waals surface area contributed by atoms with Crippen molar-refractivity contribution < 1.29 is 27.8 Å². The average Bonchev–Trinajstić information content (AvgIpc) is 2.73. The highest BCUT2D eigenvalue weighted by Gasteiger charge is 2.14. The number of fused-ring (bicyclic) bond motifs is 1. The molecule has 0 radical (unpaired) electrons. The molecule has 0 aliphatic carbocycles. The van der Waals surface area contributed by atoms with Gasteiger partial charge in [-0.15, -0.1) is 0 Å². The number of hydrogen-bond acceptors (Lipinski definition) is 5. The first-order chi connectivity index (χ1) is 14.8. The van der Waals surface area contributed by atoms with Gasteiger partial charge in [-0.05, 0) is 24.3 Å². The largest absolute Gasteiger partial charge is 0.478 e. The molecule has 31 heavy (non-hydrogen) atoms. The number of benzene rings is 2. The number of aromatic nitrogens is 3. The predicted molar refractivity (Wildman–Crippen MR) is 103 cm³/mol. The first kappa shape index (κ1) is 20.1. The van der Waals surface area contributed by atoms with Crippen molar-refractivity contribution in [1.82, 2.24) is 14.5 Å². The fraction of sp³-hybridized carbons (Fsp3) is 0.0476. The summed E-state index contributed by atoms with van der Waals surface area (Å²) in [6, 6.07) is 8.20. The van der Waals surface area contributed by atoms with Crippen LogP contribution in [0.25, 0.3) is 10.9 Å². The molecular weight excluding hydrogens is 415 g/mol. The van der Waals surface area contributed by atoms with Crippen molar-refractivity contribution in [2.24, 2.45) is 0 Å². The van der Waals surface area contributed by atoms with Crippen LogP contribution in [0.5, 0.6) is 11.6 Å². The van der Waals surface area contributed by atoms with Gasteiger partial charge in [0.1, 0.15) is 23.2 Å². The van der Waals surface area contributed by atoms with Gasteiger partial charge < -0.3 is 14.4 Å². The van der Waals surface area contributed by atoms with Crippen LogP contribution in [0.2, 0.25) is 0 Å². The summed E-state index contributed by atoms with van der Waals surface area (Å²) in [7, 11) is 0. The number of carboxylic acids is 1. The third-order valence-electron chi connectivity index (χ3n) is 4.46. The smallest absolute Gasteiger partial charge is 0.337 e. The zero-order valence-electron chi connectivity index (χ0n) is 15.6. The van der Waals surface area contributed by atoms with Gasteiger partial charge in [-0.1, -0.05) is 0 Å². The maximum absolute atomic E-state index is 14.0. The summed E-state index contributed by atoms with van der Waals surface area (Å²) < 4.78 is 48.1. The van der Waals surface area contributed by atoms with Crippen LogP contribution < -0.4 is 10.3 Å². The maximum atomic E-state index is 14.0. The van der Waals surface area contributed by atoms with E-state index < -0.39 is 29.0 Å². The highest BCUT2D eigenvalue weighted by atomic mass is 19.1. The molecule has 4 aromatic rings. The maximum Gasteiger partial charge on any atom is 0.337 e. The first-order valence-electron chi connectivity index (χ1n) is 8.81. The van der Waals surface area contributed by atoms with Gasteiger partial charge in [-0.3, -0.25) is 4.79 Å². The minimum atomic E-state index is -1.13. The van der Waals surface area contributed by atoms with Gasteiger partial charge in [0, 0.05) is 30.0 Å². The van der Waals surface area contributed by atoms with Crippen molar-refractivity contribution in [2.75, 3.05) is 0 Å². The van der Waals surface area contributed by atoms with Crippen LogP contribution in [0.3, 0.4) is 0 Å². The molecule has 2 heterocycles. The van der Waals surface area contributed by atoms with Crippen LogP contribution in [0.15, 0.2) is 59.8 Å².